The fourth-order valence-corrected chi connectivity index (χ4v) is 4.62. The fraction of sp³-hybridized carbons (Fsp3) is 0.333. The van der Waals surface area contributed by atoms with Crippen molar-refractivity contribution in [1.82, 2.24) is 24.3 Å². The summed E-state index contributed by atoms with van der Waals surface area (Å²) in [7, 11) is 4.21. The molecule has 1 N–H and O–H groups in total. The molecule has 5 rings (SSSR count). The number of imidazole rings is 1. The summed E-state index contributed by atoms with van der Waals surface area (Å²) in [5, 5.41) is 2.82. The number of amides is 1. The summed E-state index contributed by atoms with van der Waals surface area (Å²) in [6.07, 6.45) is 6.92. The Balaban J connectivity index is 1.47. The van der Waals surface area contributed by atoms with E-state index in [2.05, 4.69) is 44.2 Å². The van der Waals surface area contributed by atoms with E-state index in [4.69, 9.17) is 0 Å². The smallest absolute Gasteiger partial charge is 0.257 e. The van der Waals surface area contributed by atoms with Crippen molar-refractivity contribution in [2.24, 2.45) is 0 Å². The number of nitrogens with zero attached hydrogens (tertiary/aromatic N) is 6. The molecule has 0 spiro atoms. The number of carbonyl (C=O) groups is 1. The van der Waals surface area contributed by atoms with Gasteiger partial charge in [0.2, 0.25) is 0 Å². The van der Waals surface area contributed by atoms with Gasteiger partial charge >= 0.3 is 0 Å². The van der Waals surface area contributed by atoms with E-state index in [-0.39, 0.29) is 11.6 Å². The van der Waals surface area contributed by atoms with Crippen LogP contribution in [0.1, 0.15) is 28.9 Å². The third kappa shape index (κ3) is 3.89. The third-order valence-corrected chi connectivity index (χ3v) is 6.31. The monoisotopic (exact) mass is 447 g/mol. The molecule has 0 bridgehead atoms. The number of rotatable bonds is 4. The number of hydrogen-bond acceptors (Lipinski definition) is 6. The average Bonchev–Trinajstić information content (AvgIpc) is 3.15. The van der Waals surface area contributed by atoms with Gasteiger partial charge in [-0.15, -0.1) is 0 Å². The minimum Gasteiger partial charge on any atom is -0.356 e. The van der Waals surface area contributed by atoms with Crippen LogP contribution in [-0.2, 0) is 0 Å². The second kappa shape index (κ2) is 8.40. The lowest BCUT2D eigenvalue weighted by atomic mass is 10.0. The Morgan fingerprint density at radius 3 is 2.70 bits per heavy atom. The maximum Gasteiger partial charge on any atom is 0.257 e. The van der Waals surface area contributed by atoms with Crippen LogP contribution in [-0.4, -0.2) is 63.4 Å². The van der Waals surface area contributed by atoms with Crippen molar-refractivity contribution >= 4 is 34.1 Å². The second-order valence-electron chi connectivity index (χ2n) is 8.66. The molecular formula is C24H26FN7O. The van der Waals surface area contributed by atoms with Crippen LogP contribution < -0.4 is 10.2 Å². The van der Waals surface area contributed by atoms with Crippen molar-refractivity contribution in [3.63, 3.8) is 0 Å². The first kappa shape index (κ1) is 21.3. The molecule has 0 unspecified atom stereocenters. The molecule has 170 valence electrons. The van der Waals surface area contributed by atoms with Gasteiger partial charge in [0.25, 0.3) is 5.91 Å². The minimum absolute atomic E-state index is 0.256. The van der Waals surface area contributed by atoms with Crippen LogP contribution in [0.5, 0.6) is 0 Å². The van der Waals surface area contributed by atoms with Crippen molar-refractivity contribution in [3.8, 4) is 0 Å². The standard InChI is InChI=1S/C24H26FN7O/c1-15-24(31-11-7-17(8-12-31)30(2)3)32-14-16(13-19(25)22(32)28-15)29-23(33)18-5-4-6-20-21(18)27-10-9-26-20/h4-6,9-10,13-14,17H,7-8,11-12H2,1-3H3,(H,29,33). The van der Waals surface area contributed by atoms with Crippen molar-refractivity contribution in [2.75, 3.05) is 37.4 Å². The first-order chi connectivity index (χ1) is 15.9. The number of hydrogen-bond donors (Lipinski definition) is 1. The van der Waals surface area contributed by atoms with Crippen LogP contribution in [0, 0.1) is 12.7 Å². The Bertz CT molecular complexity index is 1340. The van der Waals surface area contributed by atoms with Gasteiger partial charge in [-0.05, 0) is 46.0 Å². The lowest BCUT2D eigenvalue weighted by molar-refractivity contribution is 0.102. The molecule has 33 heavy (non-hydrogen) atoms. The highest BCUT2D eigenvalue weighted by atomic mass is 19.1. The largest absolute Gasteiger partial charge is 0.356 e. The molecule has 9 heteroatoms. The Morgan fingerprint density at radius 1 is 1.18 bits per heavy atom. The van der Waals surface area contributed by atoms with E-state index in [0.29, 0.717) is 28.3 Å². The highest BCUT2D eigenvalue weighted by molar-refractivity contribution is 6.11. The van der Waals surface area contributed by atoms with Crippen LogP contribution in [0.25, 0.3) is 16.7 Å². The van der Waals surface area contributed by atoms with Crippen LogP contribution >= 0.6 is 0 Å². The number of halogens is 1. The van der Waals surface area contributed by atoms with Gasteiger partial charge in [0.15, 0.2) is 11.5 Å². The minimum atomic E-state index is -0.483. The summed E-state index contributed by atoms with van der Waals surface area (Å²) in [5.74, 6) is 0.0151. The van der Waals surface area contributed by atoms with Gasteiger partial charge in [0.1, 0.15) is 11.3 Å². The van der Waals surface area contributed by atoms with Gasteiger partial charge in [-0.2, -0.15) is 0 Å². The van der Waals surface area contributed by atoms with E-state index < -0.39 is 5.82 Å². The fourth-order valence-electron chi connectivity index (χ4n) is 4.62. The normalized spacial score (nSPS) is 15.0. The molecule has 0 atom stereocenters. The molecule has 1 aliphatic rings. The van der Waals surface area contributed by atoms with Crippen molar-refractivity contribution in [3.05, 3.63) is 59.9 Å². The Hall–Kier alpha value is -3.59. The van der Waals surface area contributed by atoms with Gasteiger partial charge in [-0.3, -0.25) is 19.2 Å². The van der Waals surface area contributed by atoms with Crippen molar-refractivity contribution in [2.45, 2.75) is 25.8 Å². The average molecular weight is 448 g/mol. The number of carbonyl (C=O) groups excluding carboxylic acids is 1. The molecule has 1 fully saturated rings. The number of aromatic nitrogens is 4. The van der Waals surface area contributed by atoms with Crippen LogP contribution in [0.3, 0.4) is 0 Å². The predicted molar refractivity (Wildman–Crippen MR) is 126 cm³/mol. The highest BCUT2D eigenvalue weighted by Gasteiger charge is 2.25. The molecule has 1 aliphatic heterocycles. The summed E-state index contributed by atoms with van der Waals surface area (Å²) < 4.78 is 16.7. The Labute approximate surface area is 191 Å². The van der Waals surface area contributed by atoms with Crippen molar-refractivity contribution < 1.29 is 9.18 Å². The molecule has 0 radical (unpaired) electrons. The number of pyridine rings is 1. The zero-order valence-corrected chi connectivity index (χ0v) is 18.9. The maximum absolute atomic E-state index is 15.0. The zero-order chi connectivity index (χ0) is 23.1. The number of para-hydroxylation sites is 1. The summed E-state index contributed by atoms with van der Waals surface area (Å²) in [6.45, 7) is 3.63. The van der Waals surface area contributed by atoms with Crippen LogP contribution in [0.15, 0.2) is 42.9 Å². The molecule has 1 saturated heterocycles. The van der Waals surface area contributed by atoms with Gasteiger partial charge in [-0.1, -0.05) is 6.07 Å². The summed E-state index contributed by atoms with van der Waals surface area (Å²) in [4.78, 5) is 30.5. The number of piperidine rings is 1. The Morgan fingerprint density at radius 2 is 1.94 bits per heavy atom. The van der Waals surface area contributed by atoms with E-state index in [1.54, 1.807) is 41.2 Å². The van der Waals surface area contributed by atoms with E-state index in [1.807, 2.05) is 6.92 Å². The van der Waals surface area contributed by atoms with E-state index in [1.165, 1.54) is 6.07 Å². The lowest BCUT2D eigenvalue weighted by Gasteiger charge is -2.36. The first-order valence-corrected chi connectivity index (χ1v) is 11.0. The summed E-state index contributed by atoms with van der Waals surface area (Å²) >= 11 is 0. The molecule has 8 nitrogen and oxygen atoms in total. The van der Waals surface area contributed by atoms with Crippen molar-refractivity contribution in [1.29, 1.82) is 0 Å². The number of benzene rings is 1. The summed E-state index contributed by atoms with van der Waals surface area (Å²) in [6, 6.07) is 7.08. The molecular weight excluding hydrogens is 421 g/mol. The van der Waals surface area contributed by atoms with Gasteiger partial charge < -0.3 is 15.1 Å². The molecule has 3 aromatic heterocycles. The van der Waals surface area contributed by atoms with E-state index >= 15 is 0 Å². The topological polar surface area (TPSA) is 78.7 Å². The molecule has 0 aliphatic carbocycles. The molecule has 1 aromatic carbocycles. The Kier molecular flexibility index (Phi) is 5.41. The SMILES string of the molecule is Cc1nc2c(F)cc(NC(=O)c3cccc4nccnc34)cn2c1N1CCC(N(C)C)CC1. The molecule has 1 amide bonds. The lowest BCUT2D eigenvalue weighted by Crippen LogP contribution is -2.42. The highest BCUT2D eigenvalue weighted by Crippen LogP contribution is 2.29. The molecule has 4 heterocycles. The molecule has 0 saturated carbocycles. The predicted octanol–water partition coefficient (Wildman–Crippen LogP) is 3.51. The van der Waals surface area contributed by atoms with E-state index in [9.17, 15) is 9.18 Å². The van der Waals surface area contributed by atoms with Gasteiger partial charge in [-0.25, -0.2) is 9.37 Å². The van der Waals surface area contributed by atoms with Gasteiger partial charge in [0, 0.05) is 43.8 Å². The number of aryl methyl sites for hydroxylation is 1. The van der Waals surface area contributed by atoms with Crippen LogP contribution in [0.2, 0.25) is 0 Å². The summed E-state index contributed by atoms with van der Waals surface area (Å²) in [5.41, 5.74) is 2.89. The first-order valence-electron chi connectivity index (χ1n) is 11.0. The number of fused-ring (bicyclic) bond motifs is 2. The van der Waals surface area contributed by atoms with Crippen LogP contribution in [0.4, 0.5) is 15.9 Å². The number of anilines is 2. The van der Waals surface area contributed by atoms with E-state index in [0.717, 1.165) is 37.4 Å². The number of nitrogens with one attached hydrogen (secondary N) is 1. The maximum atomic E-state index is 15.0. The second-order valence-corrected chi connectivity index (χ2v) is 8.66. The third-order valence-electron chi connectivity index (χ3n) is 6.31. The van der Waals surface area contributed by atoms with Gasteiger partial charge in [0.05, 0.1) is 22.5 Å². The zero-order valence-electron chi connectivity index (χ0n) is 18.9. The quantitative estimate of drug-likeness (QED) is 0.516. The molecule has 4 aromatic rings.